The van der Waals surface area contributed by atoms with Gasteiger partial charge in [0.15, 0.2) is 0 Å². The summed E-state index contributed by atoms with van der Waals surface area (Å²) in [5.41, 5.74) is 3.30. The lowest BCUT2D eigenvalue weighted by Gasteiger charge is -2.08. The molecule has 0 radical (unpaired) electrons. The van der Waals surface area contributed by atoms with Crippen molar-refractivity contribution in [3.63, 3.8) is 0 Å². The first-order chi connectivity index (χ1) is 12.6. The van der Waals surface area contributed by atoms with Crippen LogP contribution in [-0.2, 0) is 17.1 Å². The van der Waals surface area contributed by atoms with Crippen LogP contribution in [0.2, 0.25) is 5.02 Å². The molecular formula is C20H20ClN3OS. The molecule has 2 aromatic carbocycles. The average Bonchev–Trinajstić information content (AvgIpc) is 3.08. The van der Waals surface area contributed by atoms with Crippen molar-refractivity contribution in [3.8, 4) is 5.69 Å². The molecule has 3 aromatic rings. The summed E-state index contributed by atoms with van der Waals surface area (Å²) >= 11 is 7.46. The van der Waals surface area contributed by atoms with Crippen LogP contribution < -0.4 is 5.32 Å². The van der Waals surface area contributed by atoms with Crippen LogP contribution in [0, 0.1) is 6.92 Å². The van der Waals surface area contributed by atoms with Gasteiger partial charge in [0, 0.05) is 35.4 Å². The van der Waals surface area contributed by atoms with Crippen LogP contribution in [0.25, 0.3) is 5.69 Å². The Hall–Kier alpha value is -2.24. The van der Waals surface area contributed by atoms with Gasteiger partial charge in [-0.15, -0.1) is 11.8 Å². The first-order valence-corrected chi connectivity index (χ1v) is 9.83. The van der Waals surface area contributed by atoms with Crippen LogP contribution in [0.5, 0.6) is 0 Å². The number of imidazole rings is 1. The zero-order chi connectivity index (χ0) is 18.4. The number of hydrogen-bond acceptors (Lipinski definition) is 3. The molecule has 0 aliphatic heterocycles. The Balaban J connectivity index is 1.43. The molecule has 0 bridgehead atoms. The molecule has 0 saturated carbocycles. The highest BCUT2D eigenvalue weighted by Gasteiger charge is 2.04. The Labute approximate surface area is 162 Å². The number of hydrogen-bond donors (Lipinski definition) is 1. The molecule has 0 aliphatic rings. The number of nitrogens with zero attached hydrogens (tertiary/aromatic N) is 2. The highest BCUT2D eigenvalue weighted by molar-refractivity contribution is 7.99. The molecular weight excluding hydrogens is 366 g/mol. The number of halogens is 1. The largest absolute Gasteiger partial charge is 0.351 e. The number of amides is 1. The van der Waals surface area contributed by atoms with Crippen molar-refractivity contribution in [2.24, 2.45) is 0 Å². The van der Waals surface area contributed by atoms with Gasteiger partial charge in [-0.25, -0.2) is 4.98 Å². The summed E-state index contributed by atoms with van der Waals surface area (Å²) in [6.07, 6.45) is 3.72. The lowest BCUT2D eigenvalue weighted by atomic mass is 10.2. The van der Waals surface area contributed by atoms with Gasteiger partial charge in [0.2, 0.25) is 5.91 Å². The summed E-state index contributed by atoms with van der Waals surface area (Å²) in [7, 11) is 0. The third kappa shape index (κ3) is 5.13. The number of aryl methyl sites for hydroxylation is 1. The van der Waals surface area contributed by atoms with Gasteiger partial charge in [0.25, 0.3) is 0 Å². The number of carbonyl (C=O) groups is 1. The highest BCUT2D eigenvalue weighted by atomic mass is 35.5. The van der Waals surface area contributed by atoms with Crippen molar-refractivity contribution < 1.29 is 4.79 Å². The predicted octanol–water partition coefficient (Wildman–Crippen LogP) is 4.38. The van der Waals surface area contributed by atoms with Crippen LogP contribution >= 0.6 is 23.4 Å². The normalized spacial score (nSPS) is 10.7. The molecule has 6 heteroatoms. The summed E-state index contributed by atoms with van der Waals surface area (Å²) in [6.45, 7) is 2.50. The molecule has 1 N–H and O–H groups in total. The van der Waals surface area contributed by atoms with E-state index in [1.807, 2.05) is 66.2 Å². The number of carbonyl (C=O) groups excluding carboxylic acids is 1. The number of benzene rings is 2. The Morgan fingerprint density at radius 2 is 1.81 bits per heavy atom. The average molecular weight is 386 g/mol. The van der Waals surface area contributed by atoms with Crippen molar-refractivity contribution in [3.05, 3.63) is 82.9 Å². The molecule has 1 heterocycles. The standard InChI is InChI=1S/C20H20ClN3OS/c1-15-22-10-11-24(15)19-8-4-16(5-9-19)12-23-20(25)14-26-13-17-2-6-18(21)7-3-17/h2-11H,12-14H2,1H3,(H,23,25). The van der Waals surface area contributed by atoms with Gasteiger partial charge >= 0.3 is 0 Å². The van der Waals surface area contributed by atoms with Crippen LogP contribution in [0.3, 0.4) is 0 Å². The topological polar surface area (TPSA) is 46.9 Å². The van der Waals surface area contributed by atoms with Gasteiger partial charge in [0.05, 0.1) is 5.75 Å². The van der Waals surface area contributed by atoms with Gasteiger partial charge in [0.1, 0.15) is 5.82 Å². The second kappa shape index (κ2) is 8.92. The zero-order valence-electron chi connectivity index (χ0n) is 14.5. The minimum Gasteiger partial charge on any atom is -0.351 e. The quantitative estimate of drug-likeness (QED) is 0.656. The molecule has 0 spiro atoms. The lowest BCUT2D eigenvalue weighted by Crippen LogP contribution is -2.24. The van der Waals surface area contributed by atoms with Crippen LogP contribution in [0.4, 0.5) is 0 Å². The predicted molar refractivity (Wildman–Crippen MR) is 108 cm³/mol. The molecule has 0 fully saturated rings. The molecule has 4 nitrogen and oxygen atoms in total. The van der Waals surface area contributed by atoms with Gasteiger partial charge in [-0.2, -0.15) is 0 Å². The number of nitrogens with one attached hydrogen (secondary N) is 1. The maximum absolute atomic E-state index is 12.0. The second-order valence-corrected chi connectivity index (χ2v) is 7.33. The van der Waals surface area contributed by atoms with E-state index in [1.54, 1.807) is 18.0 Å². The van der Waals surface area contributed by atoms with Crippen molar-refractivity contribution >= 4 is 29.3 Å². The van der Waals surface area contributed by atoms with Crippen molar-refractivity contribution in [2.45, 2.75) is 19.2 Å². The van der Waals surface area contributed by atoms with Gasteiger partial charge in [-0.3, -0.25) is 4.79 Å². The van der Waals surface area contributed by atoms with E-state index in [-0.39, 0.29) is 5.91 Å². The number of thioether (sulfide) groups is 1. The van der Waals surface area contributed by atoms with Crippen molar-refractivity contribution in [2.75, 3.05) is 5.75 Å². The molecule has 1 aromatic heterocycles. The number of rotatable bonds is 7. The summed E-state index contributed by atoms with van der Waals surface area (Å²) in [4.78, 5) is 16.2. The zero-order valence-corrected chi connectivity index (χ0v) is 16.1. The third-order valence-corrected chi connectivity index (χ3v) is 5.20. The van der Waals surface area contributed by atoms with Crippen LogP contribution in [-0.4, -0.2) is 21.2 Å². The van der Waals surface area contributed by atoms with Crippen LogP contribution in [0.1, 0.15) is 17.0 Å². The summed E-state index contributed by atoms with van der Waals surface area (Å²) < 4.78 is 2.02. The van der Waals surface area contributed by atoms with Crippen molar-refractivity contribution in [1.29, 1.82) is 0 Å². The number of aromatic nitrogens is 2. The Morgan fingerprint density at radius 3 is 2.46 bits per heavy atom. The Bertz CT molecular complexity index is 860. The van der Waals surface area contributed by atoms with E-state index in [1.165, 1.54) is 0 Å². The van der Waals surface area contributed by atoms with Gasteiger partial charge in [-0.1, -0.05) is 35.9 Å². The molecule has 1 amide bonds. The van der Waals surface area contributed by atoms with Crippen LogP contribution in [0.15, 0.2) is 60.9 Å². The fourth-order valence-corrected chi connectivity index (χ4v) is 3.46. The molecule has 26 heavy (non-hydrogen) atoms. The maximum Gasteiger partial charge on any atom is 0.230 e. The van der Waals surface area contributed by atoms with Crippen molar-refractivity contribution in [1.82, 2.24) is 14.9 Å². The van der Waals surface area contributed by atoms with E-state index in [0.717, 1.165) is 33.4 Å². The second-order valence-electron chi connectivity index (χ2n) is 5.91. The smallest absolute Gasteiger partial charge is 0.230 e. The first kappa shape index (κ1) is 18.5. The summed E-state index contributed by atoms with van der Waals surface area (Å²) in [5.74, 6) is 2.22. The summed E-state index contributed by atoms with van der Waals surface area (Å²) in [6, 6.07) is 15.8. The molecule has 3 rings (SSSR count). The molecule has 0 aliphatic carbocycles. The first-order valence-electron chi connectivity index (χ1n) is 8.30. The Kier molecular flexibility index (Phi) is 6.36. The highest BCUT2D eigenvalue weighted by Crippen LogP contribution is 2.15. The third-order valence-electron chi connectivity index (χ3n) is 3.95. The van der Waals surface area contributed by atoms with Gasteiger partial charge in [-0.05, 0) is 42.3 Å². The molecule has 134 valence electrons. The summed E-state index contributed by atoms with van der Waals surface area (Å²) in [5, 5.41) is 3.69. The van der Waals surface area contributed by atoms with E-state index in [0.29, 0.717) is 12.3 Å². The fourth-order valence-electron chi connectivity index (χ4n) is 2.52. The molecule has 0 atom stereocenters. The minimum atomic E-state index is 0.0403. The van der Waals surface area contributed by atoms with E-state index in [9.17, 15) is 4.79 Å². The fraction of sp³-hybridized carbons (Fsp3) is 0.200. The van der Waals surface area contributed by atoms with E-state index < -0.39 is 0 Å². The Morgan fingerprint density at radius 1 is 1.12 bits per heavy atom. The monoisotopic (exact) mass is 385 g/mol. The molecule has 0 unspecified atom stereocenters. The minimum absolute atomic E-state index is 0.0403. The van der Waals surface area contributed by atoms with Gasteiger partial charge < -0.3 is 9.88 Å². The van der Waals surface area contributed by atoms with E-state index in [2.05, 4.69) is 10.3 Å². The SMILES string of the molecule is Cc1nccn1-c1ccc(CNC(=O)CSCc2ccc(Cl)cc2)cc1. The van der Waals surface area contributed by atoms with E-state index in [4.69, 9.17) is 11.6 Å². The molecule has 0 saturated heterocycles. The maximum atomic E-state index is 12.0. The van der Waals surface area contributed by atoms with E-state index >= 15 is 0 Å². The lowest BCUT2D eigenvalue weighted by molar-refractivity contribution is -0.118.